The van der Waals surface area contributed by atoms with Gasteiger partial charge in [0.2, 0.25) is 0 Å². The maximum atomic E-state index is 14.0. The lowest BCUT2D eigenvalue weighted by Gasteiger charge is -2.33. The molecule has 3 aromatic rings. The molecule has 29 heavy (non-hydrogen) atoms. The van der Waals surface area contributed by atoms with Crippen LogP contribution >= 0.6 is 11.3 Å². The van der Waals surface area contributed by atoms with Gasteiger partial charge in [0.05, 0.1) is 28.9 Å². The van der Waals surface area contributed by atoms with Crippen molar-refractivity contribution in [3.8, 4) is 5.75 Å². The predicted octanol–water partition coefficient (Wildman–Crippen LogP) is 3.62. The van der Waals surface area contributed by atoms with E-state index in [2.05, 4.69) is 4.98 Å². The molecule has 1 N–H and O–H groups in total. The molecule has 1 amide bonds. The summed E-state index contributed by atoms with van der Waals surface area (Å²) in [5, 5.41) is 9.13. The second-order valence-corrected chi connectivity index (χ2v) is 7.27. The van der Waals surface area contributed by atoms with Crippen LogP contribution in [0.15, 0.2) is 24.3 Å². The van der Waals surface area contributed by atoms with Gasteiger partial charge in [0, 0.05) is 12.1 Å². The van der Waals surface area contributed by atoms with Crippen LogP contribution in [0.1, 0.15) is 11.4 Å². The Balaban J connectivity index is 1.75. The Kier molecular flexibility index (Phi) is 4.61. The first-order chi connectivity index (χ1) is 13.7. The largest absolute Gasteiger partial charge is 0.481 e. The molecule has 1 unspecified atom stereocenters. The zero-order chi connectivity index (χ0) is 20.9. The second kappa shape index (κ2) is 6.99. The molecule has 1 aliphatic rings. The van der Waals surface area contributed by atoms with Gasteiger partial charge in [0.1, 0.15) is 16.6 Å². The normalized spacial score (nSPS) is 16.1. The fourth-order valence-corrected chi connectivity index (χ4v) is 3.94. The molecular formula is C18H10F4N2O4S. The van der Waals surface area contributed by atoms with Crippen molar-refractivity contribution >= 4 is 39.1 Å². The third-order valence-corrected chi connectivity index (χ3v) is 5.29. The van der Waals surface area contributed by atoms with Crippen molar-refractivity contribution in [2.45, 2.75) is 19.1 Å². The number of ether oxygens (including phenoxy) is 1. The molecule has 2 heterocycles. The van der Waals surface area contributed by atoms with E-state index in [1.165, 1.54) is 6.07 Å². The first-order valence-corrected chi connectivity index (χ1v) is 8.98. The minimum absolute atomic E-state index is 0.0415. The summed E-state index contributed by atoms with van der Waals surface area (Å²) in [5.41, 5.74) is 0.0404. The topological polar surface area (TPSA) is 79.7 Å². The predicted molar refractivity (Wildman–Crippen MR) is 93.8 cm³/mol. The summed E-state index contributed by atoms with van der Waals surface area (Å²) in [6.07, 6.45) is -2.06. The van der Waals surface area contributed by atoms with Crippen LogP contribution in [0.3, 0.4) is 0 Å². The van der Waals surface area contributed by atoms with Gasteiger partial charge in [-0.05, 0) is 12.1 Å². The summed E-state index contributed by atoms with van der Waals surface area (Å²) in [6.45, 7) is -0.251. The number of hydrogen-bond donors (Lipinski definition) is 1. The number of carboxylic acids is 1. The average Bonchev–Trinajstić information content (AvgIpc) is 3.05. The summed E-state index contributed by atoms with van der Waals surface area (Å²) in [6, 6.07) is 4.10. The molecule has 4 rings (SSSR count). The van der Waals surface area contributed by atoms with Crippen molar-refractivity contribution in [1.29, 1.82) is 0 Å². The zero-order valence-electron chi connectivity index (χ0n) is 14.3. The highest BCUT2D eigenvalue weighted by Gasteiger charge is 2.36. The lowest BCUT2D eigenvalue weighted by Crippen LogP contribution is -2.46. The van der Waals surface area contributed by atoms with Crippen molar-refractivity contribution < 1.29 is 37.0 Å². The third-order valence-electron chi connectivity index (χ3n) is 4.24. The number of amides is 1. The van der Waals surface area contributed by atoms with Crippen molar-refractivity contribution in [1.82, 2.24) is 4.98 Å². The first kappa shape index (κ1) is 19.1. The SMILES string of the molecule is O=C(O)CC1Oc2cc(F)ccc2N(Cc2nc3cc(F)c(F)c(F)c3s2)C1=O. The van der Waals surface area contributed by atoms with Crippen LogP contribution in [0, 0.1) is 23.3 Å². The summed E-state index contributed by atoms with van der Waals surface area (Å²) < 4.78 is 59.5. The third kappa shape index (κ3) is 3.37. The Morgan fingerprint density at radius 3 is 2.69 bits per heavy atom. The highest BCUT2D eigenvalue weighted by Crippen LogP contribution is 2.37. The molecule has 0 radical (unpaired) electrons. The molecule has 150 valence electrons. The van der Waals surface area contributed by atoms with Crippen molar-refractivity contribution in [3.05, 3.63) is 52.5 Å². The van der Waals surface area contributed by atoms with E-state index < -0.39 is 47.7 Å². The van der Waals surface area contributed by atoms with E-state index in [0.717, 1.165) is 34.4 Å². The van der Waals surface area contributed by atoms with E-state index in [-0.39, 0.29) is 33.2 Å². The number of aliphatic carboxylic acids is 1. The molecule has 0 saturated heterocycles. The van der Waals surface area contributed by atoms with Crippen LogP contribution in [0.25, 0.3) is 10.2 Å². The summed E-state index contributed by atoms with van der Waals surface area (Å²) in [5.74, 6) is -7.11. The number of aromatic nitrogens is 1. The monoisotopic (exact) mass is 426 g/mol. The Labute approximate surface area is 164 Å². The van der Waals surface area contributed by atoms with Gasteiger partial charge in [0.15, 0.2) is 23.6 Å². The van der Waals surface area contributed by atoms with Crippen LogP contribution in [0.2, 0.25) is 0 Å². The van der Waals surface area contributed by atoms with E-state index >= 15 is 0 Å². The molecule has 1 atom stereocenters. The Bertz CT molecular complexity index is 1170. The van der Waals surface area contributed by atoms with Gasteiger partial charge in [0.25, 0.3) is 5.91 Å². The molecule has 11 heteroatoms. The number of fused-ring (bicyclic) bond motifs is 2. The standard InChI is InChI=1S/C18H10F4N2O4S/c19-7-1-2-10-11(3-7)28-12(5-14(25)26)18(27)24(10)6-13-23-9-4-8(20)15(21)16(22)17(9)29-13/h1-4,12H,5-6H2,(H,25,26). The van der Waals surface area contributed by atoms with Gasteiger partial charge >= 0.3 is 5.97 Å². The smallest absolute Gasteiger partial charge is 0.307 e. The summed E-state index contributed by atoms with van der Waals surface area (Å²) >= 11 is 0.718. The van der Waals surface area contributed by atoms with E-state index in [4.69, 9.17) is 9.84 Å². The van der Waals surface area contributed by atoms with Crippen LogP contribution in [-0.2, 0) is 16.1 Å². The number of halogens is 4. The van der Waals surface area contributed by atoms with Gasteiger partial charge in [-0.3, -0.25) is 14.5 Å². The zero-order valence-corrected chi connectivity index (χ0v) is 15.1. The van der Waals surface area contributed by atoms with E-state index in [1.807, 2.05) is 0 Å². The average molecular weight is 426 g/mol. The molecule has 6 nitrogen and oxygen atoms in total. The number of rotatable bonds is 4. The number of anilines is 1. The number of carbonyl (C=O) groups excluding carboxylic acids is 1. The molecule has 0 fully saturated rings. The first-order valence-electron chi connectivity index (χ1n) is 8.17. The molecule has 0 saturated carbocycles. The minimum Gasteiger partial charge on any atom is -0.481 e. The molecule has 0 bridgehead atoms. The fraction of sp³-hybridized carbons (Fsp3) is 0.167. The van der Waals surface area contributed by atoms with Gasteiger partial charge in [-0.1, -0.05) is 0 Å². The summed E-state index contributed by atoms with van der Waals surface area (Å²) in [7, 11) is 0. The van der Waals surface area contributed by atoms with Gasteiger partial charge < -0.3 is 9.84 Å². The fourth-order valence-electron chi connectivity index (χ4n) is 2.98. The number of thiazole rings is 1. The van der Waals surface area contributed by atoms with Crippen molar-refractivity contribution in [2.75, 3.05) is 4.90 Å². The van der Waals surface area contributed by atoms with Crippen molar-refractivity contribution in [3.63, 3.8) is 0 Å². The Morgan fingerprint density at radius 1 is 1.21 bits per heavy atom. The van der Waals surface area contributed by atoms with E-state index in [9.17, 15) is 27.2 Å². The van der Waals surface area contributed by atoms with Crippen molar-refractivity contribution in [2.24, 2.45) is 0 Å². The molecule has 0 spiro atoms. The van der Waals surface area contributed by atoms with E-state index in [0.29, 0.717) is 0 Å². The van der Waals surface area contributed by atoms with Gasteiger partial charge in [-0.25, -0.2) is 22.5 Å². The maximum absolute atomic E-state index is 14.0. The number of carboxylic acid groups (broad SMARTS) is 1. The quantitative estimate of drug-likeness (QED) is 0.509. The second-order valence-electron chi connectivity index (χ2n) is 6.18. The lowest BCUT2D eigenvalue weighted by atomic mass is 10.1. The maximum Gasteiger partial charge on any atom is 0.307 e. The van der Waals surface area contributed by atoms with Crippen LogP contribution in [-0.4, -0.2) is 28.1 Å². The van der Waals surface area contributed by atoms with Crippen LogP contribution < -0.4 is 9.64 Å². The van der Waals surface area contributed by atoms with Crippen LogP contribution in [0.4, 0.5) is 23.2 Å². The molecule has 0 aliphatic carbocycles. The van der Waals surface area contributed by atoms with E-state index in [1.54, 1.807) is 0 Å². The molecule has 1 aliphatic heterocycles. The lowest BCUT2D eigenvalue weighted by molar-refractivity contribution is -0.142. The van der Waals surface area contributed by atoms with Gasteiger partial charge in [-0.15, -0.1) is 11.3 Å². The highest BCUT2D eigenvalue weighted by molar-refractivity contribution is 7.18. The molecular weight excluding hydrogens is 416 g/mol. The Morgan fingerprint density at radius 2 is 1.97 bits per heavy atom. The number of carbonyl (C=O) groups is 2. The number of nitrogens with zero attached hydrogens (tertiary/aromatic N) is 2. The van der Waals surface area contributed by atoms with Gasteiger partial charge in [-0.2, -0.15) is 0 Å². The Hall–Kier alpha value is -3.21. The molecule has 1 aromatic heterocycles. The summed E-state index contributed by atoms with van der Waals surface area (Å²) in [4.78, 5) is 28.9. The van der Waals surface area contributed by atoms with Crippen LogP contribution in [0.5, 0.6) is 5.75 Å². The minimum atomic E-state index is -1.63. The number of hydrogen-bond acceptors (Lipinski definition) is 5. The number of benzene rings is 2. The molecule has 2 aromatic carbocycles. The highest BCUT2D eigenvalue weighted by atomic mass is 32.1.